The number of esters is 14. The van der Waals surface area contributed by atoms with E-state index in [1.807, 2.05) is 0 Å². The SMILES string of the molecule is C=C(C)C(=O)OCCOC(=O)C(F)(F)CC(F)(F)C(F)F.C=C(C)C(=O)OCCOC(=O)C(F)(F)CC(F)(F)F.C=C(C)C(=O)OCCOC(=O)C(F)(F)CC(F)F.C=CC(=O)OCCOC(=O)C(F)(F)C(F)(F)F.C=CC(=O)OCCOC(=O)C(F)(F)CC(F)(F)C(F)F.C=CC(=O)OCCOC(=O)C(F)(F)CC(F)(F)F.C=CC(=O)OCCOC(=O)C(F)(F)CC(F)F. The van der Waals surface area contributed by atoms with Crippen LogP contribution in [0.2, 0.25) is 0 Å². The molecule has 0 atom stereocenters. The molecule has 752 valence electrons. The summed E-state index contributed by atoms with van der Waals surface area (Å²) in [5.41, 5.74) is 0.126. The molecule has 0 amide bonds. The number of carbonyl (C=O) groups excluding carboxylic acids is 14. The molecule has 0 saturated carbocycles. The van der Waals surface area contributed by atoms with Gasteiger partial charge in [-0.2, -0.15) is 101 Å². The van der Waals surface area contributed by atoms with Gasteiger partial charge in [-0.3, -0.25) is 0 Å². The number of hydrogen-bond donors (Lipinski definition) is 0. The third-order valence-corrected chi connectivity index (χ3v) is 11.2. The monoisotopic (exact) mass is 1990 g/mol. The van der Waals surface area contributed by atoms with Gasteiger partial charge in [0.2, 0.25) is 12.9 Å². The molecular formula is C67H71F35O28. The lowest BCUT2D eigenvalue weighted by Gasteiger charge is -2.21. The number of hydrogen-bond acceptors (Lipinski definition) is 28. The van der Waals surface area contributed by atoms with Crippen molar-refractivity contribution in [2.24, 2.45) is 0 Å². The summed E-state index contributed by atoms with van der Waals surface area (Å²) >= 11 is 0. The summed E-state index contributed by atoms with van der Waals surface area (Å²) in [6.45, 7) is 16.5. The van der Waals surface area contributed by atoms with Gasteiger partial charge in [0.05, 0.1) is 25.7 Å². The molecule has 0 rings (SSSR count). The van der Waals surface area contributed by atoms with Crippen molar-refractivity contribution in [2.45, 2.75) is 157 Å². The van der Waals surface area contributed by atoms with Crippen LogP contribution in [0.15, 0.2) is 87.1 Å². The fraction of sp³-hybridized carbons (Fsp3) is 0.582. The van der Waals surface area contributed by atoms with Crippen LogP contribution in [0.25, 0.3) is 0 Å². The molecule has 0 aromatic carbocycles. The largest absolute Gasteiger partial charge is 0.465 e. The zero-order chi connectivity index (χ0) is 104. The number of halogens is 35. The van der Waals surface area contributed by atoms with Gasteiger partial charge >= 0.3 is 168 Å². The molecule has 0 heterocycles. The van der Waals surface area contributed by atoms with Gasteiger partial charge in [0.25, 0.3) is 0 Å². The molecule has 0 saturated heterocycles. The number of carbonyl (C=O) groups is 14. The van der Waals surface area contributed by atoms with Gasteiger partial charge in [0.1, 0.15) is 105 Å². The molecule has 0 aromatic heterocycles. The van der Waals surface area contributed by atoms with Crippen LogP contribution in [0.3, 0.4) is 0 Å². The first-order valence-corrected chi connectivity index (χ1v) is 33.1. The quantitative estimate of drug-likeness (QED) is 0.0179. The van der Waals surface area contributed by atoms with E-state index in [9.17, 15) is 221 Å². The smallest absolute Gasteiger partial charge is 0.459 e. The predicted octanol–water partition coefficient (Wildman–Crippen LogP) is 13.8. The van der Waals surface area contributed by atoms with Crippen molar-refractivity contribution in [2.75, 3.05) is 92.5 Å². The third kappa shape index (κ3) is 64.9. The predicted molar refractivity (Wildman–Crippen MR) is 353 cm³/mol. The van der Waals surface area contributed by atoms with E-state index in [-0.39, 0.29) is 16.7 Å². The summed E-state index contributed by atoms with van der Waals surface area (Å²) < 4.78 is 484. The molecule has 0 radical (unpaired) electrons. The first-order valence-electron chi connectivity index (χ1n) is 33.1. The van der Waals surface area contributed by atoms with Gasteiger partial charge in [-0.25, -0.2) is 120 Å². The molecule has 0 aliphatic heterocycles. The standard InChI is InChI=1S/C11H12F6O4.C10H10F6O4.C10H11F5O4.C10H12F4O4.C9H9F5O4.C9H10F4O4.C8H7F5O4/c1-6(2)7(18)20-3-4-21-9(19)11(16,17)5-10(14,15)8(12)13;1-2-6(17)19-3-4-20-8(18)10(15,16)5-9(13,14)7(11)12;1-6(2)7(16)18-3-4-19-8(17)9(11,12)5-10(13,14)15;1-6(2)8(15)17-3-4-18-9(16)10(13,14)5-7(11)12;1-2-6(15)17-3-4-18-7(16)8(10,11)5-9(12,13)14;1-2-7(14)16-3-4-17-8(15)9(12,13)5-6(10)11;1-2-5(14)16-3-4-17-6(15)7(9,10)8(11,12)13/h8H,1,3-5H2,2H3;2,7H,1,3-5H2;1,3-5H2,2H3;7H,1,3-5H2,2H3;2H,1,3-5H2;2,6H,1,3-5H2;2H,1,3-4H2. The van der Waals surface area contributed by atoms with Gasteiger partial charge < -0.3 is 66.3 Å². The maximum atomic E-state index is 13.0. The third-order valence-electron chi connectivity index (χ3n) is 11.2. The second-order valence-electron chi connectivity index (χ2n) is 22.7. The van der Waals surface area contributed by atoms with E-state index >= 15 is 0 Å². The highest BCUT2D eigenvalue weighted by Crippen LogP contribution is 2.40. The van der Waals surface area contributed by atoms with Gasteiger partial charge in [0, 0.05) is 41.0 Å². The summed E-state index contributed by atoms with van der Waals surface area (Å²) in [5.74, 6) is -65.5. The topological polar surface area (TPSA) is 368 Å². The first kappa shape index (κ1) is 131. The summed E-state index contributed by atoms with van der Waals surface area (Å²) in [6, 6.07) is 0. The molecule has 0 unspecified atom stereocenters. The van der Waals surface area contributed by atoms with E-state index in [0.717, 1.165) is 24.3 Å². The Kier molecular flexibility index (Phi) is 61.6. The molecule has 0 aliphatic rings. The molecule has 0 aromatic rings. The van der Waals surface area contributed by atoms with Crippen molar-refractivity contribution in [3.8, 4) is 0 Å². The number of alkyl halides is 35. The van der Waals surface area contributed by atoms with Crippen molar-refractivity contribution in [1.82, 2.24) is 0 Å². The Morgan fingerprint density at radius 2 is 0.408 bits per heavy atom. The molecule has 0 N–H and O–H groups in total. The highest BCUT2D eigenvalue weighted by Gasteiger charge is 2.65. The average molecular weight is 1990 g/mol. The fourth-order valence-electron chi connectivity index (χ4n) is 5.45. The minimum absolute atomic E-state index is 0.00299. The van der Waals surface area contributed by atoms with Gasteiger partial charge in [-0.1, -0.05) is 46.1 Å². The van der Waals surface area contributed by atoms with E-state index < -0.39 is 312 Å². The zero-order valence-electron chi connectivity index (χ0n) is 65.9. The van der Waals surface area contributed by atoms with E-state index in [0.29, 0.717) is 0 Å². The molecule has 28 nitrogen and oxygen atoms in total. The molecular weight excluding hydrogens is 1920 g/mol. The van der Waals surface area contributed by atoms with Gasteiger partial charge in [-0.15, -0.1) is 0 Å². The highest BCUT2D eigenvalue weighted by molar-refractivity contribution is 5.88. The Labute approximate surface area is 706 Å². The summed E-state index contributed by atoms with van der Waals surface area (Å²) in [5, 5.41) is 0. The van der Waals surface area contributed by atoms with Crippen molar-refractivity contribution in [3.05, 3.63) is 87.1 Å². The Balaban J connectivity index is -0.000000272. The Hall–Kier alpha value is -11.7. The van der Waals surface area contributed by atoms with Crippen LogP contribution in [0.4, 0.5) is 154 Å². The lowest BCUT2D eigenvalue weighted by atomic mass is 10.1. The molecule has 63 heteroatoms. The maximum absolute atomic E-state index is 13.0. The maximum Gasteiger partial charge on any atom is 0.465 e. The van der Waals surface area contributed by atoms with Crippen molar-refractivity contribution >= 4 is 83.6 Å². The van der Waals surface area contributed by atoms with Crippen LogP contribution in [-0.4, -0.2) is 274 Å². The van der Waals surface area contributed by atoms with Crippen LogP contribution in [0.1, 0.15) is 59.3 Å². The Morgan fingerprint density at radius 1 is 0.246 bits per heavy atom. The van der Waals surface area contributed by atoms with Crippen LogP contribution < -0.4 is 0 Å². The molecule has 0 spiro atoms. The molecule has 0 fully saturated rings. The normalized spacial score (nSPS) is 11.8. The second-order valence-corrected chi connectivity index (χ2v) is 22.7. The molecule has 130 heavy (non-hydrogen) atoms. The summed E-state index contributed by atoms with van der Waals surface area (Å²) in [4.78, 5) is 149. The average Bonchev–Trinajstić information content (AvgIpc) is 0.817. The lowest BCUT2D eigenvalue weighted by Crippen LogP contribution is -2.45. The minimum Gasteiger partial charge on any atom is -0.459 e. The van der Waals surface area contributed by atoms with Gasteiger partial charge in [0.15, 0.2) is 0 Å². The van der Waals surface area contributed by atoms with Crippen molar-refractivity contribution in [1.29, 1.82) is 0 Å². The Morgan fingerprint density at radius 3 is 0.562 bits per heavy atom. The highest BCUT2D eigenvalue weighted by atomic mass is 19.4. The van der Waals surface area contributed by atoms with E-state index in [4.69, 9.17) is 0 Å². The molecule has 0 bridgehead atoms. The second kappa shape index (κ2) is 61.0. The first-order chi connectivity index (χ1) is 58.5. The summed E-state index contributed by atoms with van der Waals surface area (Å²) in [7, 11) is 0. The van der Waals surface area contributed by atoms with Crippen molar-refractivity contribution < 1.29 is 287 Å². The van der Waals surface area contributed by atoms with E-state index in [1.165, 1.54) is 20.8 Å². The summed E-state index contributed by atoms with van der Waals surface area (Å²) in [6.07, 6.45) is -43.0. The number of ether oxygens (including phenoxy) is 14. The van der Waals surface area contributed by atoms with Crippen LogP contribution >= 0.6 is 0 Å². The van der Waals surface area contributed by atoms with Crippen LogP contribution in [-0.2, 0) is 133 Å². The fourth-order valence-corrected chi connectivity index (χ4v) is 5.45. The Bertz CT molecular complexity index is 3690. The van der Waals surface area contributed by atoms with Crippen LogP contribution in [0.5, 0.6) is 0 Å². The lowest BCUT2D eigenvalue weighted by molar-refractivity contribution is -0.280. The van der Waals surface area contributed by atoms with Gasteiger partial charge in [-0.05, 0) is 20.8 Å². The zero-order valence-corrected chi connectivity index (χ0v) is 65.9. The van der Waals surface area contributed by atoms with E-state index in [2.05, 4.69) is 112 Å². The van der Waals surface area contributed by atoms with Crippen molar-refractivity contribution in [3.63, 3.8) is 0 Å². The van der Waals surface area contributed by atoms with E-state index in [1.54, 1.807) is 0 Å². The van der Waals surface area contributed by atoms with Crippen LogP contribution in [0, 0.1) is 0 Å². The minimum atomic E-state index is -6.03. The molecule has 0 aliphatic carbocycles. The number of rotatable bonds is 47.